The number of rotatable bonds is 3. The van der Waals surface area contributed by atoms with E-state index in [2.05, 4.69) is 6.92 Å². The van der Waals surface area contributed by atoms with Crippen molar-refractivity contribution in [3.63, 3.8) is 0 Å². The zero-order chi connectivity index (χ0) is 4.83. The molecular weight excluding hydrogens is 186 g/mol. The fourth-order valence-corrected chi connectivity index (χ4v) is 0.703. The van der Waals surface area contributed by atoms with Crippen molar-refractivity contribution in [2.75, 3.05) is 11.2 Å². The summed E-state index contributed by atoms with van der Waals surface area (Å²) in [6.45, 7) is 3.07. The van der Waals surface area contributed by atoms with Crippen molar-refractivity contribution in [1.29, 1.82) is 0 Å². The number of hydrogen-bond acceptors (Lipinski definition) is 1. The quantitative estimate of drug-likeness (QED) is 0.457. The van der Waals surface area contributed by atoms with Crippen molar-refractivity contribution in [2.24, 2.45) is 0 Å². The van der Waals surface area contributed by atoms with E-state index >= 15 is 0 Å². The van der Waals surface area contributed by atoms with Crippen LogP contribution in [0.4, 0.5) is 0 Å². The van der Waals surface area contributed by atoms with Crippen LogP contribution in [0.15, 0.2) is 0 Å². The van der Waals surface area contributed by atoms with Crippen LogP contribution in [0.1, 0.15) is 13.3 Å². The minimum absolute atomic E-state index is 0.946. The Morgan fingerprint density at radius 2 is 2.33 bits per heavy atom. The summed E-state index contributed by atoms with van der Waals surface area (Å²) in [7, 11) is 0. The van der Waals surface area contributed by atoms with Gasteiger partial charge in [0.1, 0.15) is 0 Å². The van der Waals surface area contributed by atoms with E-state index in [1.165, 1.54) is 23.0 Å². The first-order valence-electron chi connectivity index (χ1n) is 2.19. The Kier molecular flexibility index (Phi) is 6.53. The zero-order valence-corrected chi connectivity index (χ0v) is 7.40. The molecule has 0 aromatic heterocycles. The molecule has 0 rings (SSSR count). The maximum absolute atomic E-state index is 5.04. The summed E-state index contributed by atoms with van der Waals surface area (Å²) in [4.78, 5) is 0. The van der Waals surface area contributed by atoms with Gasteiger partial charge in [-0.05, 0) is 0 Å². The van der Waals surface area contributed by atoms with E-state index in [1.807, 2.05) is 0 Å². The van der Waals surface area contributed by atoms with Gasteiger partial charge in [0, 0.05) is 0 Å². The van der Waals surface area contributed by atoms with Gasteiger partial charge in [-0.1, -0.05) is 0 Å². The van der Waals surface area contributed by atoms with Gasteiger partial charge in [0.05, 0.1) is 0 Å². The van der Waals surface area contributed by atoms with Crippen LogP contribution in [0.3, 0.4) is 0 Å². The molecule has 0 atom stereocenters. The molecule has 0 fully saturated rings. The summed E-state index contributed by atoms with van der Waals surface area (Å²) in [6, 6.07) is 0. The molecule has 2 heteroatoms. The van der Waals surface area contributed by atoms with Crippen LogP contribution in [0.25, 0.3) is 0 Å². The molecule has 0 aliphatic rings. The van der Waals surface area contributed by atoms with Gasteiger partial charge in [-0.25, -0.2) is 0 Å². The molecule has 0 unspecified atom stereocenters. The number of ether oxygens (including phenoxy) is 1. The van der Waals surface area contributed by atoms with Gasteiger partial charge in [-0.2, -0.15) is 0 Å². The first-order valence-corrected chi connectivity index (χ1v) is 4.52. The molecule has 0 saturated carbocycles. The van der Waals surface area contributed by atoms with Crippen LogP contribution in [-0.4, -0.2) is 34.2 Å². The molecule has 6 heavy (non-hydrogen) atoms. The second-order valence-electron chi connectivity index (χ2n) is 1.07. The SMILES string of the molecule is CCCO[CH2][SbH2]. The Bertz CT molecular complexity index is 19.5. The van der Waals surface area contributed by atoms with Gasteiger partial charge >= 0.3 is 52.3 Å². The van der Waals surface area contributed by atoms with Crippen LogP contribution >= 0.6 is 0 Å². The van der Waals surface area contributed by atoms with E-state index < -0.39 is 0 Å². The molecule has 0 aliphatic carbocycles. The zero-order valence-electron chi connectivity index (χ0n) is 4.11. The van der Waals surface area contributed by atoms with E-state index in [1.54, 1.807) is 0 Å². The van der Waals surface area contributed by atoms with E-state index in [0.717, 1.165) is 17.6 Å². The molecule has 38 valence electrons. The summed E-state index contributed by atoms with van der Waals surface area (Å²) in [5.74, 6) is 0. The summed E-state index contributed by atoms with van der Waals surface area (Å²) in [5, 5.41) is 0. The van der Waals surface area contributed by atoms with Crippen LogP contribution in [0.5, 0.6) is 0 Å². The van der Waals surface area contributed by atoms with Gasteiger partial charge in [0.25, 0.3) is 0 Å². The van der Waals surface area contributed by atoms with E-state index in [-0.39, 0.29) is 0 Å². The predicted octanol–water partition coefficient (Wildman–Crippen LogP) is 0.00360. The fourth-order valence-electron chi connectivity index (χ4n) is 0.228. The molecule has 0 aliphatic heterocycles. The van der Waals surface area contributed by atoms with Crippen LogP contribution in [0.2, 0.25) is 0 Å². The summed E-state index contributed by atoms with van der Waals surface area (Å²) >= 11 is 1.23. The first-order chi connectivity index (χ1) is 2.91. The summed E-state index contributed by atoms with van der Waals surface area (Å²) < 4.78 is 6.03. The molecule has 0 N–H and O–H groups in total. The van der Waals surface area contributed by atoms with Gasteiger partial charge in [-0.3, -0.25) is 0 Å². The molecule has 0 aromatic carbocycles. The van der Waals surface area contributed by atoms with Crippen molar-refractivity contribution >= 4 is 23.0 Å². The Morgan fingerprint density at radius 3 is 2.50 bits per heavy atom. The van der Waals surface area contributed by atoms with Gasteiger partial charge < -0.3 is 0 Å². The van der Waals surface area contributed by atoms with Crippen molar-refractivity contribution < 1.29 is 4.74 Å². The normalized spacial score (nSPS) is 9.00. The minimum atomic E-state index is 0.946. The fraction of sp³-hybridized carbons (Fsp3) is 1.00. The van der Waals surface area contributed by atoms with Crippen molar-refractivity contribution in [3.8, 4) is 0 Å². The maximum atomic E-state index is 5.04. The number of hydrogen-bond donors (Lipinski definition) is 0. The first kappa shape index (κ1) is 6.78. The van der Waals surface area contributed by atoms with Crippen molar-refractivity contribution in [3.05, 3.63) is 0 Å². The van der Waals surface area contributed by atoms with Crippen molar-refractivity contribution in [1.82, 2.24) is 0 Å². The standard InChI is InChI=1S/C4H9O.Sb.2H/c1-3-4-5-2;;;/h2-4H2,1H3;;;. The topological polar surface area (TPSA) is 9.23 Å². The molecule has 0 amide bonds. The molecule has 0 aromatic rings. The second-order valence-corrected chi connectivity index (χ2v) is 2.03. The summed E-state index contributed by atoms with van der Waals surface area (Å²) in [6.07, 6.45) is 1.15. The average Bonchev–Trinajstić information content (AvgIpc) is 1.61. The van der Waals surface area contributed by atoms with Gasteiger partial charge in [0.2, 0.25) is 0 Å². The molecule has 0 bridgehead atoms. The van der Waals surface area contributed by atoms with Gasteiger partial charge in [0.15, 0.2) is 0 Å². The molecule has 1 nitrogen and oxygen atoms in total. The van der Waals surface area contributed by atoms with Crippen LogP contribution in [-0.2, 0) is 4.74 Å². The van der Waals surface area contributed by atoms with E-state index in [4.69, 9.17) is 4.74 Å². The Balaban J connectivity index is 2.34. The monoisotopic (exact) mass is 196 g/mol. The molecule has 0 radical (unpaired) electrons. The van der Waals surface area contributed by atoms with E-state index in [9.17, 15) is 0 Å². The average molecular weight is 197 g/mol. The van der Waals surface area contributed by atoms with Gasteiger partial charge in [-0.15, -0.1) is 0 Å². The Hall–Kier alpha value is 0.778. The predicted molar refractivity (Wildman–Crippen MR) is 29.7 cm³/mol. The Morgan fingerprint density at radius 1 is 1.67 bits per heavy atom. The molecule has 0 saturated heterocycles. The van der Waals surface area contributed by atoms with E-state index in [0.29, 0.717) is 0 Å². The Labute approximate surface area is 52.6 Å². The van der Waals surface area contributed by atoms with Crippen LogP contribution < -0.4 is 0 Å². The summed E-state index contributed by atoms with van der Waals surface area (Å²) in [5.41, 5.74) is 0. The van der Waals surface area contributed by atoms with Crippen molar-refractivity contribution in [2.45, 2.75) is 13.3 Å². The third kappa shape index (κ3) is 4.78. The molecule has 0 spiro atoms. The second kappa shape index (κ2) is 5.78. The van der Waals surface area contributed by atoms with Crippen LogP contribution in [0, 0.1) is 0 Å². The third-order valence-corrected chi connectivity index (χ3v) is 1.14. The molecule has 0 heterocycles. The third-order valence-electron chi connectivity index (χ3n) is 0.466. The molecular formula is C4H11OSb.